The van der Waals surface area contributed by atoms with Crippen LogP contribution in [0.15, 0.2) is 41.0 Å². The number of nitrogens with zero attached hydrogens (tertiary/aromatic N) is 2. The van der Waals surface area contributed by atoms with Gasteiger partial charge in [0.2, 0.25) is 0 Å². The first kappa shape index (κ1) is 17.4. The van der Waals surface area contributed by atoms with Gasteiger partial charge in [0.1, 0.15) is 16.2 Å². The summed E-state index contributed by atoms with van der Waals surface area (Å²) >= 11 is 3.35. The van der Waals surface area contributed by atoms with Gasteiger partial charge in [0.25, 0.3) is 0 Å². The first-order chi connectivity index (χ1) is 11.6. The molecule has 3 nitrogen and oxygen atoms in total. The molecule has 1 heterocycles. The maximum atomic E-state index is 14.2. The van der Waals surface area contributed by atoms with E-state index in [1.54, 1.807) is 13.2 Å². The number of aromatic nitrogens is 1. The fourth-order valence-electron chi connectivity index (χ4n) is 2.86. The summed E-state index contributed by atoms with van der Waals surface area (Å²) in [5.41, 5.74) is 1.69. The molecule has 0 bridgehead atoms. The third-order valence-corrected chi connectivity index (χ3v) is 4.96. The van der Waals surface area contributed by atoms with Gasteiger partial charge in [-0.05, 0) is 71.4 Å². The summed E-state index contributed by atoms with van der Waals surface area (Å²) in [6, 6.07) is 11.1. The molecule has 5 heteroatoms. The van der Waals surface area contributed by atoms with Crippen molar-refractivity contribution >= 4 is 15.9 Å². The van der Waals surface area contributed by atoms with Crippen LogP contribution in [0, 0.1) is 11.7 Å². The molecule has 1 atom stereocenters. The molecule has 3 rings (SSSR count). The van der Waals surface area contributed by atoms with Gasteiger partial charge in [-0.15, -0.1) is 0 Å². The Kier molecular flexibility index (Phi) is 5.51. The lowest BCUT2D eigenvalue weighted by Crippen LogP contribution is -2.30. The van der Waals surface area contributed by atoms with Crippen LogP contribution in [-0.4, -0.2) is 23.5 Å². The average Bonchev–Trinajstić information content (AvgIpc) is 3.40. The second kappa shape index (κ2) is 7.62. The SMILES string of the molecule is COc1ccc(CN(CC2CC2)C(C)c2nc(Br)ccc2F)cc1. The number of pyridine rings is 1. The second-order valence-electron chi connectivity index (χ2n) is 6.40. The quantitative estimate of drug-likeness (QED) is 0.622. The lowest BCUT2D eigenvalue weighted by atomic mass is 10.1. The van der Waals surface area contributed by atoms with Gasteiger partial charge in [-0.3, -0.25) is 4.90 Å². The standard InChI is InChI=1S/C19H22BrFN2O/c1-13(19-17(21)9-10-18(20)22-19)23(11-14-3-4-14)12-15-5-7-16(24-2)8-6-15/h5-10,13-14H,3-4,11-12H2,1-2H3. The summed E-state index contributed by atoms with van der Waals surface area (Å²) < 4.78 is 20.1. The van der Waals surface area contributed by atoms with Crippen molar-refractivity contribution in [2.24, 2.45) is 5.92 Å². The van der Waals surface area contributed by atoms with Gasteiger partial charge in [0, 0.05) is 13.1 Å². The van der Waals surface area contributed by atoms with Gasteiger partial charge >= 0.3 is 0 Å². The number of benzene rings is 1. The van der Waals surface area contributed by atoms with E-state index in [2.05, 4.69) is 37.9 Å². The molecule has 0 aliphatic heterocycles. The zero-order valence-electron chi connectivity index (χ0n) is 14.0. The van der Waals surface area contributed by atoms with E-state index in [0.29, 0.717) is 10.3 Å². The Hall–Kier alpha value is -1.46. The predicted octanol–water partition coefficient (Wildman–Crippen LogP) is 4.97. The summed E-state index contributed by atoms with van der Waals surface area (Å²) in [6.45, 7) is 3.78. The van der Waals surface area contributed by atoms with E-state index in [9.17, 15) is 4.39 Å². The molecule has 1 fully saturated rings. The van der Waals surface area contributed by atoms with Crippen LogP contribution in [0.5, 0.6) is 5.75 Å². The molecule has 0 N–H and O–H groups in total. The van der Waals surface area contributed by atoms with E-state index in [4.69, 9.17) is 4.74 Å². The summed E-state index contributed by atoms with van der Waals surface area (Å²) in [4.78, 5) is 6.69. The summed E-state index contributed by atoms with van der Waals surface area (Å²) in [5, 5.41) is 0. The molecule has 1 unspecified atom stereocenters. The Bertz CT molecular complexity index is 688. The minimum Gasteiger partial charge on any atom is -0.497 e. The normalized spacial score (nSPS) is 15.5. The molecule has 0 radical (unpaired) electrons. The van der Waals surface area contributed by atoms with Crippen molar-refractivity contribution in [3.63, 3.8) is 0 Å². The topological polar surface area (TPSA) is 25.4 Å². The number of hydrogen-bond acceptors (Lipinski definition) is 3. The molecule has 1 aromatic heterocycles. The van der Waals surface area contributed by atoms with Crippen molar-refractivity contribution in [3.8, 4) is 5.75 Å². The number of rotatable bonds is 7. The molecule has 1 aliphatic rings. The van der Waals surface area contributed by atoms with Crippen LogP contribution in [-0.2, 0) is 6.54 Å². The van der Waals surface area contributed by atoms with Crippen molar-refractivity contribution in [2.75, 3.05) is 13.7 Å². The molecule has 0 amide bonds. The van der Waals surface area contributed by atoms with Crippen LogP contribution in [0.4, 0.5) is 4.39 Å². The predicted molar refractivity (Wildman–Crippen MR) is 96.4 cm³/mol. The molecule has 2 aromatic rings. The molecule has 0 saturated heterocycles. The molecular formula is C19H22BrFN2O. The highest BCUT2D eigenvalue weighted by molar-refractivity contribution is 9.10. The molecule has 128 valence electrons. The summed E-state index contributed by atoms with van der Waals surface area (Å²) in [6.07, 6.45) is 2.53. The average molecular weight is 393 g/mol. The number of hydrogen-bond donors (Lipinski definition) is 0. The monoisotopic (exact) mass is 392 g/mol. The minimum absolute atomic E-state index is 0.0785. The summed E-state index contributed by atoms with van der Waals surface area (Å²) in [5.74, 6) is 1.32. The zero-order chi connectivity index (χ0) is 17.1. The molecule has 24 heavy (non-hydrogen) atoms. The van der Waals surface area contributed by atoms with Crippen LogP contribution in [0.1, 0.15) is 37.1 Å². The first-order valence-corrected chi connectivity index (χ1v) is 9.05. The maximum Gasteiger partial charge on any atom is 0.146 e. The van der Waals surface area contributed by atoms with Crippen LogP contribution < -0.4 is 4.74 Å². The highest BCUT2D eigenvalue weighted by atomic mass is 79.9. The van der Waals surface area contributed by atoms with Crippen molar-refractivity contribution in [3.05, 3.63) is 58.1 Å². The van der Waals surface area contributed by atoms with E-state index >= 15 is 0 Å². The highest BCUT2D eigenvalue weighted by Gasteiger charge is 2.29. The van der Waals surface area contributed by atoms with Gasteiger partial charge < -0.3 is 4.74 Å². The zero-order valence-corrected chi connectivity index (χ0v) is 15.6. The number of halogens is 2. The number of ether oxygens (including phenoxy) is 1. The summed E-state index contributed by atoms with van der Waals surface area (Å²) in [7, 11) is 1.66. The largest absolute Gasteiger partial charge is 0.497 e. The van der Waals surface area contributed by atoms with E-state index in [1.165, 1.54) is 24.5 Å². The van der Waals surface area contributed by atoms with Gasteiger partial charge in [-0.25, -0.2) is 9.37 Å². The third-order valence-electron chi connectivity index (χ3n) is 4.52. The lowest BCUT2D eigenvalue weighted by Gasteiger charge is -2.29. The van der Waals surface area contributed by atoms with Crippen LogP contribution in [0.3, 0.4) is 0 Å². The third kappa shape index (κ3) is 4.33. The van der Waals surface area contributed by atoms with Crippen LogP contribution in [0.25, 0.3) is 0 Å². The van der Waals surface area contributed by atoms with Crippen LogP contribution in [0.2, 0.25) is 0 Å². The smallest absolute Gasteiger partial charge is 0.146 e. The molecular weight excluding hydrogens is 371 g/mol. The van der Waals surface area contributed by atoms with E-state index in [-0.39, 0.29) is 11.9 Å². The first-order valence-electron chi connectivity index (χ1n) is 8.25. The Balaban J connectivity index is 1.80. The fraction of sp³-hybridized carbons (Fsp3) is 0.421. The fourth-order valence-corrected chi connectivity index (χ4v) is 3.18. The van der Waals surface area contributed by atoms with Crippen molar-refractivity contribution in [1.82, 2.24) is 9.88 Å². The Labute approximate surface area is 151 Å². The molecule has 1 aliphatic carbocycles. The highest BCUT2D eigenvalue weighted by Crippen LogP contribution is 2.34. The lowest BCUT2D eigenvalue weighted by molar-refractivity contribution is 0.185. The van der Waals surface area contributed by atoms with Crippen molar-refractivity contribution < 1.29 is 9.13 Å². The van der Waals surface area contributed by atoms with Gasteiger partial charge in [0.15, 0.2) is 0 Å². The number of methoxy groups -OCH3 is 1. The van der Waals surface area contributed by atoms with Gasteiger partial charge in [-0.1, -0.05) is 12.1 Å². The molecule has 0 spiro atoms. The molecule has 1 aromatic carbocycles. The van der Waals surface area contributed by atoms with E-state index in [0.717, 1.165) is 24.8 Å². The molecule has 1 saturated carbocycles. The van der Waals surface area contributed by atoms with Gasteiger partial charge in [0.05, 0.1) is 18.8 Å². The second-order valence-corrected chi connectivity index (χ2v) is 7.21. The Morgan fingerprint density at radius 2 is 1.96 bits per heavy atom. The van der Waals surface area contributed by atoms with E-state index < -0.39 is 0 Å². The van der Waals surface area contributed by atoms with Crippen molar-refractivity contribution in [1.29, 1.82) is 0 Å². The maximum absolute atomic E-state index is 14.2. The van der Waals surface area contributed by atoms with Crippen molar-refractivity contribution in [2.45, 2.75) is 32.4 Å². The Morgan fingerprint density at radius 3 is 2.58 bits per heavy atom. The van der Waals surface area contributed by atoms with E-state index in [1.807, 2.05) is 19.1 Å². The van der Waals surface area contributed by atoms with Crippen LogP contribution >= 0.6 is 15.9 Å². The Morgan fingerprint density at radius 1 is 1.25 bits per heavy atom. The minimum atomic E-state index is -0.249. The van der Waals surface area contributed by atoms with Gasteiger partial charge in [-0.2, -0.15) is 0 Å².